The van der Waals surface area contributed by atoms with Crippen LogP contribution in [0.25, 0.3) is 0 Å². The molecule has 0 aliphatic heterocycles. The van der Waals surface area contributed by atoms with E-state index < -0.39 is 36.2 Å². The van der Waals surface area contributed by atoms with E-state index in [1.165, 1.54) is 12.1 Å². The molecule has 2 N–H and O–H groups in total. The highest BCUT2D eigenvalue weighted by molar-refractivity contribution is 5.77. The second-order valence-electron chi connectivity index (χ2n) is 8.11. The van der Waals surface area contributed by atoms with Crippen LogP contribution in [-0.2, 0) is 30.3 Å². The summed E-state index contributed by atoms with van der Waals surface area (Å²) in [5.41, 5.74) is 0.548. The lowest BCUT2D eigenvalue weighted by Crippen LogP contribution is -2.42. The molecule has 0 amide bonds. The van der Waals surface area contributed by atoms with E-state index in [-0.39, 0.29) is 43.9 Å². The Balaban J connectivity index is 2.86. The summed E-state index contributed by atoms with van der Waals surface area (Å²) in [4.78, 5) is 47.4. The number of carboxylic acid groups (broad SMARTS) is 1. The molecule has 1 rings (SSSR count). The second kappa shape index (κ2) is 16.5. The zero-order valence-corrected chi connectivity index (χ0v) is 21.0. The molecule has 1 aromatic carbocycles. The van der Waals surface area contributed by atoms with Gasteiger partial charge in [-0.15, -0.1) is 0 Å². The predicted octanol–water partition coefficient (Wildman–Crippen LogP) is 4.02. The highest BCUT2D eigenvalue weighted by atomic mass is 16.7. The number of nitrogens with one attached hydrogen (secondary N) is 1. The number of rotatable bonds is 16. The molecule has 0 aliphatic carbocycles. The molecule has 0 aromatic heterocycles. The van der Waals surface area contributed by atoms with Crippen LogP contribution in [0.15, 0.2) is 18.2 Å². The maximum absolute atomic E-state index is 12.0. The molecule has 1 unspecified atom stereocenters. The van der Waals surface area contributed by atoms with Gasteiger partial charge in [0.25, 0.3) is 0 Å². The van der Waals surface area contributed by atoms with Gasteiger partial charge in [-0.05, 0) is 50.3 Å². The van der Waals surface area contributed by atoms with Crippen LogP contribution in [-0.4, -0.2) is 54.5 Å². The van der Waals surface area contributed by atoms with Crippen LogP contribution in [0.1, 0.15) is 71.8 Å². The molecule has 0 saturated heterocycles. The van der Waals surface area contributed by atoms with E-state index in [0.29, 0.717) is 18.4 Å². The van der Waals surface area contributed by atoms with Crippen molar-refractivity contribution >= 4 is 24.1 Å². The van der Waals surface area contributed by atoms with Crippen molar-refractivity contribution in [2.45, 2.75) is 84.8 Å². The summed E-state index contributed by atoms with van der Waals surface area (Å²) < 4.78 is 20.7. The van der Waals surface area contributed by atoms with Crippen LogP contribution in [0, 0.1) is 0 Å². The predicted molar refractivity (Wildman–Crippen MR) is 127 cm³/mol. The monoisotopic (exact) mass is 495 g/mol. The third kappa shape index (κ3) is 12.2. The highest BCUT2D eigenvalue weighted by Crippen LogP contribution is 2.30. The maximum Gasteiger partial charge on any atom is 0.508 e. The van der Waals surface area contributed by atoms with Gasteiger partial charge in [-0.1, -0.05) is 33.3 Å². The van der Waals surface area contributed by atoms with Gasteiger partial charge in [0.2, 0.25) is 0 Å². The lowest BCUT2D eigenvalue weighted by Gasteiger charge is -2.19. The van der Waals surface area contributed by atoms with Gasteiger partial charge in [-0.2, -0.15) is 0 Å². The number of aliphatic carboxylic acids is 1. The number of benzene rings is 1. The molecule has 0 aliphatic rings. The summed E-state index contributed by atoms with van der Waals surface area (Å²) in [7, 11) is 0. The average molecular weight is 496 g/mol. The van der Waals surface area contributed by atoms with E-state index >= 15 is 0 Å². The average Bonchev–Trinajstić information content (AvgIpc) is 2.78. The molecule has 35 heavy (non-hydrogen) atoms. The van der Waals surface area contributed by atoms with Crippen molar-refractivity contribution in [1.82, 2.24) is 5.32 Å². The van der Waals surface area contributed by atoms with Crippen molar-refractivity contribution in [2.24, 2.45) is 0 Å². The largest absolute Gasteiger partial charge is 0.508 e. The highest BCUT2D eigenvalue weighted by Gasteiger charge is 2.22. The normalized spacial score (nSPS) is 12.3. The molecule has 0 saturated carbocycles. The van der Waals surface area contributed by atoms with Gasteiger partial charge in [0.05, 0.1) is 6.61 Å². The molecular weight excluding hydrogens is 458 g/mol. The van der Waals surface area contributed by atoms with Gasteiger partial charge in [0, 0.05) is 19.4 Å². The quantitative estimate of drug-likeness (QED) is 0.196. The van der Waals surface area contributed by atoms with Crippen LogP contribution in [0.3, 0.4) is 0 Å². The molecule has 2 atom stereocenters. The Bertz CT molecular complexity index is 840. The van der Waals surface area contributed by atoms with Gasteiger partial charge >= 0.3 is 24.1 Å². The summed E-state index contributed by atoms with van der Waals surface area (Å²) in [6, 6.07) is 3.57. The van der Waals surface area contributed by atoms with Crippen LogP contribution in [0.2, 0.25) is 0 Å². The first kappa shape index (κ1) is 29.9. The summed E-state index contributed by atoms with van der Waals surface area (Å²) >= 11 is 0. The fraction of sp³-hybridized carbons (Fsp3) is 0.600. The lowest BCUT2D eigenvalue weighted by atomic mass is 10.0. The van der Waals surface area contributed by atoms with Gasteiger partial charge in [-0.25, -0.2) is 4.79 Å². The van der Waals surface area contributed by atoms with Gasteiger partial charge < -0.3 is 29.4 Å². The Hall–Kier alpha value is -3.14. The van der Waals surface area contributed by atoms with Gasteiger partial charge in [0.15, 0.2) is 11.5 Å². The minimum atomic E-state index is -1.11. The number of carboxylic acids is 1. The Kier molecular flexibility index (Phi) is 14.1. The van der Waals surface area contributed by atoms with E-state index in [9.17, 15) is 24.3 Å². The van der Waals surface area contributed by atoms with Crippen LogP contribution < -0.4 is 14.8 Å². The zero-order valence-electron chi connectivity index (χ0n) is 21.0. The molecule has 1 aromatic rings. The molecule has 10 nitrogen and oxygen atoms in total. The van der Waals surface area contributed by atoms with Gasteiger partial charge in [0.1, 0.15) is 12.1 Å². The Morgan fingerprint density at radius 2 is 1.57 bits per heavy atom. The van der Waals surface area contributed by atoms with Gasteiger partial charge in [-0.3, -0.25) is 14.4 Å². The van der Waals surface area contributed by atoms with E-state index in [1.807, 2.05) is 20.8 Å². The minimum absolute atomic E-state index is 0.0461. The Labute approximate surface area is 206 Å². The Morgan fingerprint density at radius 1 is 0.943 bits per heavy atom. The Morgan fingerprint density at radius 3 is 2.14 bits per heavy atom. The molecule has 0 spiro atoms. The van der Waals surface area contributed by atoms with Crippen LogP contribution in [0.5, 0.6) is 11.5 Å². The van der Waals surface area contributed by atoms with Crippen molar-refractivity contribution in [2.75, 3.05) is 13.2 Å². The number of ether oxygens (including phenoxy) is 4. The third-order valence-electron chi connectivity index (χ3n) is 4.77. The molecular formula is C25H37NO9. The van der Waals surface area contributed by atoms with Crippen molar-refractivity contribution < 1.29 is 43.2 Å². The number of unbranched alkanes of at least 4 members (excludes halogenated alkanes) is 1. The maximum atomic E-state index is 12.0. The van der Waals surface area contributed by atoms with E-state index in [4.69, 9.17) is 18.9 Å². The standard InChI is InChI=1S/C25H37NO9/c1-5-8-13-32-25(31)33-17(4)16-26-19(24(29)30)14-18-11-12-20(34-22(27)9-6-2)21(15-18)35-23(28)10-7-3/h11-12,15,17,19,26H,5-10,13-14,16H2,1-4H3,(H,29,30)/t17?,19-/m0/s1. The molecule has 0 fully saturated rings. The summed E-state index contributed by atoms with van der Waals surface area (Å²) in [6.45, 7) is 7.62. The summed E-state index contributed by atoms with van der Waals surface area (Å²) in [5.74, 6) is -1.89. The SMILES string of the molecule is CCCCOC(=O)OC(C)CN[C@@H](Cc1ccc(OC(=O)CCC)c(OC(=O)CCC)c1)C(=O)O. The van der Waals surface area contributed by atoms with Crippen molar-refractivity contribution in [1.29, 1.82) is 0 Å². The zero-order chi connectivity index (χ0) is 26.2. The van der Waals surface area contributed by atoms with E-state index in [1.54, 1.807) is 13.0 Å². The first-order valence-electron chi connectivity index (χ1n) is 12.0. The fourth-order valence-electron chi connectivity index (χ4n) is 2.93. The van der Waals surface area contributed by atoms with E-state index in [0.717, 1.165) is 12.8 Å². The van der Waals surface area contributed by atoms with Crippen molar-refractivity contribution in [3.8, 4) is 11.5 Å². The van der Waals surface area contributed by atoms with Crippen LogP contribution in [0.4, 0.5) is 4.79 Å². The molecule has 0 heterocycles. The summed E-state index contributed by atoms with van der Waals surface area (Å²) in [6.07, 6.45) is 1.83. The van der Waals surface area contributed by atoms with Crippen molar-refractivity contribution in [3.05, 3.63) is 23.8 Å². The summed E-state index contributed by atoms with van der Waals surface area (Å²) in [5, 5.41) is 12.5. The smallest absolute Gasteiger partial charge is 0.480 e. The third-order valence-corrected chi connectivity index (χ3v) is 4.77. The van der Waals surface area contributed by atoms with E-state index in [2.05, 4.69) is 5.32 Å². The molecule has 0 radical (unpaired) electrons. The number of hydrogen-bond acceptors (Lipinski definition) is 9. The molecule has 10 heteroatoms. The number of esters is 2. The van der Waals surface area contributed by atoms with Crippen LogP contribution >= 0.6 is 0 Å². The van der Waals surface area contributed by atoms with Crippen molar-refractivity contribution in [3.63, 3.8) is 0 Å². The molecule has 0 bridgehead atoms. The molecule has 196 valence electrons. The lowest BCUT2D eigenvalue weighted by molar-refractivity contribution is -0.139. The fourth-order valence-corrected chi connectivity index (χ4v) is 2.93. The number of hydrogen-bond donors (Lipinski definition) is 2. The first-order valence-corrected chi connectivity index (χ1v) is 12.0. The first-order chi connectivity index (χ1) is 16.7. The topological polar surface area (TPSA) is 137 Å². The minimum Gasteiger partial charge on any atom is -0.480 e. The second-order valence-corrected chi connectivity index (χ2v) is 8.11. The number of carbonyl (C=O) groups excluding carboxylic acids is 3. The number of carbonyl (C=O) groups is 4.